The van der Waals surface area contributed by atoms with E-state index in [4.69, 9.17) is 16.3 Å². The largest absolute Gasteiger partial charge is 0.444 e. The third-order valence-electron chi connectivity index (χ3n) is 2.67. The van der Waals surface area contributed by atoms with Crippen LogP contribution in [0.2, 0.25) is 5.02 Å². The van der Waals surface area contributed by atoms with Crippen LogP contribution < -0.4 is 5.32 Å². The molecule has 2 unspecified atom stereocenters. The van der Waals surface area contributed by atoms with Crippen molar-refractivity contribution in [2.24, 2.45) is 0 Å². The van der Waals surface area contributed by atoms with Crippen molar-refractivity contribution in [2.45, 2.75) is 38.5 Å². The molecule has 0 saturated heterocycles. The SMILES string of the molecule is CC(C)(C)OC(=O)NC(CO)C(O)C=Cc1ccc(Cl)cc1. The maximum Gasteiger partial charge on any atom is 0.408 e. The van der Waals surface area contributed by atoms with Gasteiger partial charge in [-0.1, -0.05) is 35.9 Å². The van der Waals surface area contributed by atoms with Crippen molar-refractivity contribution in [3.05, 3.63) is 40.9 Å². The molecule has 0 aliphatic rings. The number of aliphatic hydroxyl groups excluding tert-OH is 2. The molecule has 0 radical (unpaired) electrons. The van der Waals surface area contributed by atoms with E-state index < -0.39 is 30.4 Å². The second kappa shape index (κ2) is 8.17. The Balaban J connectivity index is 2.62. The van der Waals surface area contributed by atoms with Crippen LogP contribution in [0, 0.1) is 0 Å². The summed E-state index contributed by atoms with van der Waals surface area (Å²) in [7, 11) is 0. The fourth-order valence-electron chi connectivity index (χ4n) is 1.62. The Morgan fingerprint density at radius 3 is 2.45 bits per heavy atom. The molecular formula is C16H22ClNO4. The number of carbonyl (C=O) groups excluding carboxylic acids is 1. The molecule has 0 aliphatic heterocycles. The minimum absolute atomic E-state index is 0.411. The number of rotatable bonds is 5. The Kier molecular flexibility index (Phi) is 6.87. The average Bonchev–Trinajstić information content (AvgIpc) is 2.42. The van der Waals surface area contributed by atoms with E-state index in [0.717, 1.165) is 5.56 Å². The number of aliphatic hydroxyl groups is 2. The van der Waals surface area contributed by atoms with Gasteiger partial charge in [-0.3, -0.25) is 0 Å². The van der Waals surface area contributed by atoms with Crippen LogP contribution in [0.3, 0.4) is 0 Å². The summed E-state index contributed by atoms with van der Waals surface area (Å²) in [5, 5.41) is 22.4. The molecule has 22 heavy (non-hydrogen) atoms. The minimum Gasteiger partial charge on any atom is -0.444 e. The van der Waals surface area contributed by atoms with Crippen molar-refractivity contribution in [3.63, 3.8) is 0 Å². The topological polar surface area (TPSA) is 78.8 Å². The fourth-order valence-corrected chi connectivity index (χ4v) is 1.74. The Bertz CT molecular complexity index is 508. The molecule has 0 fully saturated rings. The molecule has 2 atom stereocenters. The van der Waals surface area contributed by atoms with Gasteiger partial charge in [0.25, 0.3) is 0 Å². The number of carbonyl (C=O) groups is 1. The lowest BCUT2D eigenvalue weighted by Crippen LogP contribution is -2.46. The van der Waals surface area contributed by atoms with Gasteiger partial charge in [0.05, 0.1) is 18.8 Å². The molecule has 0 aromatic heterocycles. The van der Waals surface area contributed by atoms with Gasteiger partial charge in [0.1, 0.15) is 5.60 Å². The van der Waals surface area contributed by atoms with Gasteiger partial charge < -0.3 is 20.3 Å². The number of benzene rings is 1. The highest BCUT2D eigenvalue weighted by Gasteiger charge is 2.22. The quantitative estimate of drug-likeness (QED) is 0.776. The summed E-state index contributed by atoms with van der Waals surface area (Å²) in [5.41, 5.74) is 0.200. The van der Waals surface area contributed by atoms with Crippen LogP contribution in [0.15, 0.2) is 30.3 Å². The van der Waals surface area contributed by atoms with Crippen LogP contribution in [-0.4, -0.2) is 40.7 Å². The van der Waals surface area contributed by atoms with Gasteiger partial charge in [-0.15, -0.1) is 0 Å². The molecule has 0 saturated carbocycles. The molecule has 0 spiro atoms. The molecule has 1 rings (SSSR count). The third kappa shape index (κ3) is 6.93. The zero-order chi connectivity index (χ0) is 16.8. The van der Waals surface area contributed by atoms with E-state index in [-0.39, 0.29) is 0 Å². The number of halogens is 1. The van der Waals surface area contributed by atoms with E-state index in [1.807, 2.05) is 0 Å². The summed E-state index contributed by atoms with van der Waals surface area (Å²) in [4.78, 5) is 11.6. The monoisotopic (exact) mass is 327 g/mol. The highest BCUT2D eigenvalue weighted by atomic mass is 35.5. The maximum absolute atomic E-state index is 11.6. The summed E-state index contributed by atoms with van der Waals surface area (Å²) in [6.07, 6.45) is 1.43. The summed E-state index contributed by atoms with van der Waals surface area (Å²) >= 11 is 5.79. The molecule has 3 N–H and O–H groups in total. The standard InChI is InChI=1S/C16H22ClNO4/c1-16(2,3)22-15(21)18-13(10-19)14(20)9-6-11-4-7-12(17)8-5-11/h4-9,13-14,19-20H,10H2,1-3H3,(H,18,21). The Morgan fingerprint density at radius 1 is 1.36 bits per heavy atom. The molecule has 0 bridgehead atoms. The minimum atomic E-state index is -1.05. The number of nitrogens with one attached hydrogen (secondary N) is 1. The highest BCUT2D eigenvalue weighted by Crippen LogP contribution is 2.12. The van der Waals surface area contributed by atoms with Crippen LogP contribution in [0.5, 0.6) is 0 Å². The first kappa shape index (κ1) is 18.5. The van der Waals surface area contributed by atoms with E-state index in [2.05, 4.69) is 5.32 Å². The lowest BCUT2D eigenvalue weighted by Gasteiger charge is -2.24. The number of ether oxygens (including phenoxy) is 1. The third-order valence-corrected chi connectivity index (χ3v) is 2.92. The van der Waals surface area contributed by atoms with Crippen molar-refractivity contribution in [2.75, 3.05) is 6.61 Å². The van der Waals surface area contributed by atoms with Gasteiger partial charge >= 0.3 is 6.09 Å². The first-order valence-electron chi connectivity index (χ1n) is 6.93. The second-order valence-electron chi connectivity index (χ2n) is 5.84. The van der Waals surface area contributed by atoms with E-state index in [1.165, 1.54) is 6.08 Å². The highest BCUT2D eigenvalue weighted by molar-refractivity contribution is 6.30. The summed E-state index contributed by atoms with van der Waals surface area (Å²) < 4.78 is 5.09. The average molecular weight is 328 g/mol. The zero-order valence-electron chi connectivity index (χ0n) is 12.9. The van der Waals surface area contributed by atoms with Gasteiger partial charge in [0, 0.05) is 5.02 Å². The fraction of sp³-hybridized carbons (Fsp3) is 0.438. The first-order chi connectivity index (χ1) is 10.2. The molecule has 0 aliphatic carbocycles. The van der Waals surface area contributed by atoms with Crippen molar-refractivity contribution in [1.29, 1.82) is 0 Å². The Labute approximate surface area is 135 Å². The number of amides is 1. The molecule has 1 amide bonds. The van der Waals surface area contributed by atoms with E-state index in [0.29, 0.717) is 5.02 Å². The molecule has 1 aromatic carbocycles. The van der Waals surface area contributed by atoms with E-state index in [1.54, 1.807) is 51.1 Å². The van der Waals surface area contributed by atoms with Crippen molar-refractivity contribution < 1.29 is 19.7 Å². The normalized spacial score (nSPS) is 14.6. The lowest BCUT2D eigenvalue weighted by atomic mass is 10.1. The first-order valence-corrected chi connectivity index (χ1v) is 7.31. The van der Waals surface area contributed by atoms with Crippen LogP contribution >= 0.6 is 11.6 Å². The van der Waals surface area contributed by atoms with Gasteiger partial charge in [0.15, 0.2) is 0 Å². The molecule has 5 nitrogen and oxygen atoms in total. The maximum atomic E-state index is 11.6. The smallest absolute Gasteiger partial charge is 0.408 e. The number of hydrogen-bond donors (Lipinski definition) is 3. The molecule has 6 heteroatoms. The van der Waals surface area contributed by atoms with E-state index in [9.17, 15) is 15.0 Å². The Hall–Kier alpha value is -1.56. The molecule has 122 valence electrons. The predicted molar refractivity (Wildman–Crippen MR) is 86.7 cm³/mol. The van der Waals surface area contributed by atoms with Gasteiger partial charge in [0.2, 0.25) is 0 Å². The second-order valence-corrected chi connectivity index (χ2v) is 6.27. The van der Waals surface area contributed by atoms with Crippen LogP contribution in [0.25, 0.3) is 6.08 Å². The van der Waals surface area contributed by atoms with Crippen LogP contribution in [0.1, 0.15) is 26.3 Å². The number of alkyl carbamates (subject to hydrolysis) is 1. The van der Waals surface area contributed by atoms with Gasteiger partial charge in [-0.25, -0.2) is 4.79 Å². The summed E-state index contributed by atoms with van der Waals surface area (Å²) in [6, 6.07) is 6.20. The van der Waals surface area contributed by atoms with Gasteiger partial charge in [-0.05, 0) is 38.5 Å². The summed E-state index contributed by atoms with van der Waals surface area (Å²) in [6.45, 7) is 4.79. The molecular weight excluding hydrogens is 306 g/mol. The Morgan fingerprint density at radius 2 is 1.95 bits per heavy atom. The van der Waals surface area contributed by atoms with Crippen molar-refractivity contribution in [1.82, 2.24) is 5.32 Å². The predicted octanol–water partition coefficient (Wildman–Crippen LogP) is 2.60. The van der Waals surface area contributed by atoms with Crippen LogP contribution in [-0.2, 0) is 4.74 Å². The van der Waals surface area contributed by atoms with Crippen LogP contribution in [0.4, 0.5) is 4.79 Å². The zero-order valence-corrected chi connectivity index (χ0v) is 13.7. The molecule has 1 aromatic rings. The summed E-state index contributed by atoms with van der Waals surface area (Å²) in [5.74, 6) is 0. The van der Waals surface area contributed by atoms with Crippen molar-refractivity contribution in [3.8, 4) is 0 Å². The van der Waals surface area contributed by atoms with E-state index >= 15 is 0 Å². The van der Waals surface area contributed by atoms with Crippen molar-refractivity contribution >= 4 is 23.8 Å². The molecule has 0 heterocycles. The number of hydrogen-bond acceptors (Lipinski definition) is 4. The van der Waals surface area contributed by atoms with Gasteiger partial charge in [-0.2, -0.15) is 0 Å². The lowest BCUT2D eigenvalue weighted by molar-refractivity contribution is 0.0406.